The van der Waals surface area contributed by atoms with Crippen molar-refractivity contribution in [3.63, 3.8) is 0 Å². The Hall–Kier alpha value is 0.280. The van der Waals surface area contributed by atoms with E-state index < -0.39 is 6.41 Å². The van der Waals surface area contributed by atoms with Gasteiger partial charge in [0.05, 0.1) is 4.22 Å². The van der Waals surface area contributed by atoms with Gasteiger partial charge in [-0.05, 0) is 22.6 Å². The molecule has 42 valence electrons. The summed E-state index contributed by atoms with van der Waals surface area (Å²) >= 11 is 1.84. The van der Waals surface area contributed by atoms with Crippen LogP contribution in [0, 0.1) is 0 Å². The maximum absolute atomic E-state index is 8.31. The van der Waals surface area contributed by atoms with Crippen molar-refractivity contribution in [2.24, 2.45) is 10.9 Å². The van der Waals surface area contributed by atoms with Gasteiger partial charge in [-0.1, -0.05) is 0 Å². The first-order valence-electron chi connectivity index (χ1n) is 1.46. The molecule has 0 rings (SSSR count). The van der Waals surface area contributed by atoms with Crippen molar-refractivity contribution >= 4 is 26.8 Å². The van der Waals surface area contributed by atoms with Gasteiger partial charge < -0.3 is 5.11 Å². The summed E-state index contributed by atoms with van der Waals surface area (Å²) in [6, 6.07) is 0. The molecule has 0 heterocycles. The number of aliphatic hydroxyl groups excluding tert-OH is 1. The smallest absolute Gasteiger partial charge is 0.272 e. The van der Waals surface area contributed by atoms with Crippen LogP contribution in [0.3, 0.4) is 0 Å². The molecule has 0 bridgehead atoms. The molecule has 0 spiro atoms. The third-order valence-electron chi connectivity index (χ3n) is 0.306. The van der Waals surface area contributed by atoms with Crippen LogP contribution >= 0.6 is 22.6 Å². The lowest BCUT2D eigenvalue weighted by molar-refractivity contribution is -0.0936. The molecule has 0 aliphatic carbocycles. The fourth-order valence-corrected chi connectivity index (χ4v) is 0.358. The van der Waals surface area contributed by atoms with Gasteiger partial charge in [-0.25, -0.2) is 10.9 Å². The van der Waals surface area contributed by atoms with E-state index in [2.05, 4.69) is 15.7 Å². The molecule has 4 nitrogen and oxygen atoms in total. The van der Waals surface area contributed by atoms with E-state index in [1.54, 1.807) is 0 Å². The van der Waals surface area contributed by atoms with Crippen LogP contribution in [0.15, 0.2) is 4.99 Å². The van der Waals surface area contributed by atoms with Gasteiger partial charge in [0.15, 0.2) is 0 Å². The molecule has 0 amide bonds. The Balaban J connectivity index is 3.16. The molecule has 0 radical (unpaired) electrons. The lowest BCUT2D eigenvalue weighted by Crippen LogP contribution is -2.12. The molecule has 0 aliphatic rings. The van der Waals surface area contributed by atoms with Gasteiger partial charge in [0, 0.05) is 0 Å². The number of rotatable bonds is 2. The zero-order valence-corrected chi connectivity index (χ0v) is 5.57. The standard InChI is InChI=1S/C2H5IN2O2/c3-1-5-2(6)7-4/h1-2,6H,4H2. The molecule has 7 heavy (non-hydrogen) atoms. The molecular weight excluding hydrogens is 211 g/mol. The molecule has 0 aromatic heterocycles. The second-order valence-electron chi connectivity index (χ2n) is 0.709. The minimum absolute atomic E-state index is 1.21. The average molecular weight is 216 g/mol. The Labute approximate surface area is 54.5 Å². The summed E-state index contributed by atoms with van der Waals surface area (Å²) in [4.78, 5) is 7.16. The topological polar surface area (TPSA) is 67.8 Å². The Bertz CT molecular complexity index is 66.7. The number of aliphatic imine (C=N–C) groups is 1. The van der Waals surface area contributed by atoms with Crippen molar-refractivity contribution in [3.05, 3.63) is 0 Å². The fraction of sp³-hybridized carbons (Fsp3) is 0.500. The van der Waals surface area contributed by atoms with Crippen LogP contribution in [0.4, 0.5) is 0 Å². The van der Waals surface area contributed by atoms with Crippen LogP contribution in [0.25, 0.3) is 0 Å². The van der Waals surface area contributed by atoms with E-state index >= 15 is 0 Å². The largest absolute Gasteiger partial charge is 0.349 e. The van der Waals surface area contributed by atoms with Crippen LogP contribution in [0.5, 0.6) is 0 Å². The lowest BCUT2D eigenvalue weighted by atomic mass is 11.1. The summed E-state index contributed by atoms with van der Waals surface area (Å²) in [6.45, 7) is 0. The summed E-state index contributed by atoms with van der Waals surface area (Å²) in [6.07, 6.45) is -1.21. The number of aliphatic hydroxyl groups is 1. The van der Waals surface area contributed by atoms with Crippen molar-refractivity contribution in [2.45, 2.75) is 6.41 Å². The molecular formula is C2H5IN2O2. The van der Waals surface area contributed by atoms with Crippen LogP contribution in [0.2, 0.25) is 0 Å². The van der Waals surface area contributed by atoms with Crippen LogP contribution in [-0.4, -0.2) is 15.7 Å². The first-order valence-corrected chi connectivity index (χ1v) is 2.71. The van der Waals surface area contributed by atoms with Crippen LogP contribution in [0.1, 0.15) is 0 Å². The molecule has 5 heteroatoms. The minimum atomic E-state index is -1.21. The van der Waals surface area contributed by atoms with Crippen LogP contribution < -0.4 is 5.90 Å². The Morgan fingerprint density at radius 1 is 2.00 bits per heavy atom. The summed E-state index contributed by atoms with van der Waals surface area (Å²) in [7, 11) is 0. The highest BCUT2D eigenvalue weighted by Gasteiger charge is 1.90. The second-order valence-corrected chi connectivity index (χ2v) is 1.27. The average Bonchev–Trinajstić information content (AvgIpc) is 1.68. The third-order valence-corrected chi connectivity index (χ3v) is 0.627. The normalized spacial score (nSPS) is 15.3. The maximum Gasteiger partial charge on any atom is 0.272 e. The van der Waals surface area contributed by atoms with Crippen molar-refractivity contribution in [1.29, 1.82) is 0 Å². The van der Waals surface area contributed by atoms with Crippen molar-refractivity contribution in [3.8, 4) is 0 Å². The van der Waals surface area contributed by atoms with Gasteiger partial charge in [-0.15, -0.1) is 0 Å². The highest BCUT2D eigenvalue weighted by Crippen LogP contribution is 1.81. The first-order chi connectivity index (χ1) is 3.31. The van der Waals surface area contributed by atoms with Gasteiger partial charge in [-0.2, -0.15) is 0 Å². The van der Waals surface area contributed by atoms with Gasteiger partial charge in [0.1, 0.15) is 0 Å². The zero-order valence-electron chi connectivity index (χ0n) is 3.41. The minimum Gasteiger partial charge on any atom is -0.349 e. The summed E-state index contributed by atoms with van der Waals surface area (Å²) in [5.41, 5.74) is 0. The SMILES string of the molecule is NOC(O)N=CI. The summed E-state index contributed by atoms with van der Waals surface area (Å²) in [5.74, 6) is 4.49. The van der Waals surface area contributed by atoms with Crippen molar-refractivity contribution < 1.29 is 9.94 Å². The monoisotopic (exact) mass is 216 g/mol. The number of nitrogens with zero attached hydrogens (tertiary/aromatic N) is 1. The van der Waals surface area contributed by atoms with Crippen molar-refractivity contribution in [2.75, 3.05) is 0 Å². The number of hydrogen-bond donors (Lipinski definition) is 2. The third kappa shape index (κ3) is 4.13. The molecule has 0 aliphatic heterocycles. The van der Waals surface area contributed by atoms with E-state index in [1.807, 2.05) is 22.6 Å². The molecule has 0 fully saturated rings. The zero-order chi connectivity index (χ0) is 5.70. The quantitative estimate of drug-likeness (QED) is 0.286. The van der Waals surface area contributed by atoms with Gasteiger partial charge in [0.25, 0.3) is 6.41 Å². The van der Waals surface area contributed by atoms with Crippen LogP contribution in [-0.2, 0) is 4.84 Å². The Morgan fingerprint density at radius 3 is 2.71 bits per heavy atom. The molecule has 1 atom stereocenters. The predicted octanol–water partition coefficient (Wildman–Crippen LogP) is -0.384. The Morgan fingerprint density at radius 2 is 2.57 bits per heavy atom. The lowest BCUT2D eigenvalue weighted by Gasteiger charge is -1.95. The molecule has 3 N–H and O–H groups in total. The van der Waals surface area contributed by atoms with E-state index in [-0.39, 0.29) is 0 Å². The van der Waals surface area contributed by atoms with E-state index in [4.69, 9.17) is 5.11 Å². The van der Waals surface area contributed by atoms with Gasteiger partial charge in [-0.3, -0.25) is 4.84 Å². The molecule has 0 saturated heterocycles. The highest BCUT2D eigenvalue weighted by molar-refractivity contribution is 14.1. The van der Waals surface area contributed by atoms with E-state index in [1.165, 1.54) is 4.22 Å². The van der Waals surface area contributed by atoms with E-state index in [9.17, 15) is 0 Å². The number of halogens is 1. The predicted molar refractivity (Wildman–Crippen MR) is 33.8 cm³/mol. The molecule has 0 aromatic rings. The Kier molecular flexibility index (Phi) is 4.62. The van der Waals surface area contributed by atoms with Gasteiger partial charge in [0.2, 0.25) is 0 Å². The highest BCUT2D eigenvalue weighted by atomic mass is 127. The second kappa shape index (κ2) is 4.44. The van der Waals surface area contributed by atoms with Crippen molar-refractivity contribution in [1.82, 2.24) is 0 Å². The summed E-state index contributed by atoms with van der Waals surface area (Å²) in [5, 5.41) is 8.31. The van der Waals surface area contributed by atoms with Gasteiger partial charge >= 0.3 is 0 Å². The number of hydrogen-bond acceptors (Lipinski definition) is 4. The molecule has 0 saturated carbocycles. The van der Waals surface area contributed by atoms with E-state index in [0.717, 1.165) is 0 Å². The van der Waals surface area contributed by atoms with E-state index in [0.29, 0.717) is 0 Å². The molecule has 1 unspecified atom stereocenters. The number of nitrogens with two attached hydrogens (primary N) is 1. The fourth-order valence-electron chi connectivity index (χ4n) is 0.0833. The molecule has 0 aromatic carbocycles. The summed E-state index contributed by atoms with van der Waals surface area (Å²) < 4.78 is 1.37. The maximum atomic E-state index is 8.31. The first kappa shape index (κ1) is 7.28.